The molecule has 0 aliphatic carbocycles. The number of methoxy groups -OCH3 is 1. The molecule has 12 heteroatoms. The zero-order valence-electron chi connectivity index (χ0n) is 19.8. The van der Waals surface area contributed by atoms with Crippen molar-refractivity contribution in [1.82, 2.24) is 30.4 Å². The monoisotopic (exact) mass is 521 g/mol. The standard InChI is InChI=1S/C24H23N7O3S2/c1-14(2)34-17-11-9-15(10-12-17)20-19(22(32)33-3)18(25-23-27-29-30-31(20)23)13-35-24-28-26-21(36-24)16-7-5-4-6-8-16/h4-12,14,20H,13H2,1-3H3,(H,25,27,30). The first-order valence-corrected chi connectivity index (χ1v) is 13.0. The van der Waals surface area contributed by atoms with Crippen molar-refractivity contribution in [1.29, 1.82) is 0 Å². The molecule has 1 N–H and O–H groups in total. The third-order valence-electron chi connectivity index (χ3n) is 5.34. The van der Waals surface area contributed by atoms with Crippen LogP contribution in [0.1, 0.15) is 25.5 Å². The van der Waals surface area contributed by atoms with Gasteiger partial charge >= 0.3 is 5.97 Å². The molecule has 2 aromatic carbocycles. The van der Waals surface area contributed by atoms with Crippen LogP contribution in [0, 0.1) is 0 Å². The summed E-state index contributed by atoms with van der Waals surface area (Å²) in [5.74, 6) is 1.14. The number of thioether (sulfide) groups is 1. The van der Waals surface area contributed by atoms with Crippen LogP contribution < -0.4 is 10.1 Å². The first-order valence-electron chi connectivity index (χ1n) is 11.2. The number of aromatic nitrogens is 6. The minimum Gasteiger partial charge on any atom is -0.491 e. The van der Waals surface area contributed by atoms with Gasteiger partial charge in [0.05, 0.1) is 18.8 Å². The van der Waals surface area contributed by atoms with Gasteiger partial charge in [0, 0.05) is 17.0 Å². The first kappa shape index (κ1) is 23.9. The molecule has 0 saturated carbocycles. The average molecular weight is 522 g/mol. The second-order valence-corrected chi connectivity index (χ2v) is 10.3. The van der Waals surface area contributed by atoms with Crippen molar-refractivity contribution in [2.45, 2.75) is 30.3 Å². The minimum atomic E-state index is -0.568. The van der Waals surface area contributed by atoms with E-state index >= 15 is 0 Å². The highest BCUT2D eigenvalue weighted by Crippen LogP contribution is 2.38. The number of carbonyl (C=O) groups excluding carboxylic acids is 1. The number of esters is 1. The van der Waals surface area contributed by atoms with Crippen LogP contribution in [-0.4, -0.2) is 55.3 Å². The van der Waals surface area contributed by atoms with E-state index < -0.39 is 12.0 Å². The maximum Gasteiger partial charge on any atom is 0.338 e. The zero-order chi connectivity index (χ0) is 25.1. The Morgan fingerprint density at radius 3 is 2.61 bits per heavy atom. The highest BCUT2D eigenvalue weighted by atomic mass is 32.2. The Morgan fingerprint density at radius 2 is 1.89 bits per heavy atom. The molecule has 0 amide bonds. The lowest BCUT2D eigenvalue weighted by atomic mass is 9.95. The van der Waals surface area contributed by atoms with E-state index in [1.54, 1.807) is 4.68 Å². The van der Waals surface area contributed by atoms with Crippen molar-refractivity contribution in [3.8, 4) is 16.3 Å². The quantitative estimate of drug-likeness (QED) is 0.267. The van der Waals surface area contributed by atoms with Crippen molar-refractivity contribution in [3.05, 3.63) is 71.4 Å². The van der Waals surface area contributed by atoms with Gasteiger partial charge in [-0.05, 0) is 42.0 Å². The number of benzene rings is 2. The summed E-state index contributed by atoms with van der Waals surface area (Å²) in [5, 5.41) is 24.7. The van der Waals surface area contributed by atoms with Crippen LogP contribution in [0.2, 0.25) is 0 Å². The van der Waals surface area contributed by atoms with Crippen LogP contribution in [0.5, 0.6) is 5.75 Å². The summed E-state index contributed by atoms with van der Waals surface area (Å²) in [6, 6.07) is 16.9. The fourth-order valence-corrected chi connectivity index (χ4v) is 5.63. The van der Waals surface area contributed by atoms with Gasteiger partial charge in [-0.3, -0.25) is 0 Å². The summed E-state index contributed by atoms with van der Waals surface area (Å²) in [4.78, 5) is 13.0. The normalized spacial score (nSPS) is 14.9. The van der Waals surface area contributed by atoms with Crippen LogP contribution in [-0.2, 0) is 9.53 Å². The number of rotatable bonds is 8. The maximum absolute atomic E-state index is 13.0. The van der Waals surface area contributed by atoms with Crippen LogP contribution in [0.25, 0.3) is 10.6 Å². The van der Waals surface area contributed by atoms with E-state index in [-0.39, 0.29) is 6.10 Å². The molecule has 5 rings (SSSR count). The fourth-order valence-electron chi connectivity index (χ4n) is 3.81. The fraction of sp³-hybridized carbons (Fsp3) is 0.250. The number of carbonyl (C=O) groups is 1. The molecule has 0 saturated heterocycles. The minimum absolute atomic E-state index is 0.0535. The van der Waals surface area contributed by atoms with Gasteiger partial charge in [-0.25, -0.2) is 4.79 Å². The molecule has 36 heavy (non-hydrogen) atoms. The number of tetrazole rings is 1. The van der Waals surface area contributed by atoms with Gasteiger partial charge in [0.15, 0.2) is 4.34 Å². The summed E-state index contributed by atoms with van der Waals surface area (Å²) in [6.07, 6.45) is 0.0535. The molecule has 184 valence electrons. The number of ether oxygens (including phenoxy) is 2. The van der Waals surface area contributed by atoms with Crippen molar-refractivity contribution in [3.63, 3.8) is 0 Å². The average Bonchev–Trinajstić information content (AvgIpc) is 3.56. The van der Waals surface area contributed by atoms with E-state index in [1.165, 1.54) is 30.2 Å². The highest BCUT2D eigenvalue weighted by molar-refractivity contribution is 8.01. The third-order valence-corrected chi connectivity index (χ3v) is 7.47. The lowest BCUT2D eigenvalue weighted by molar-refractivity contribution is -0.136. The number of anilines is 1. The number of hydrogen-bond acceptors (Lipinski definition) is 11. The number of nitrogens with one attached hydrogen (secondary N) is 1. The summed E-state index contributed by atoms with van der Waals surface area (Å²) in [5.41, 5.74) is 2.91. The molecule has 1 unspecified atom stereocenters. The Labute approximate surface area is 215 Å². The molecule has 1 atom stereocenters. The predicted octanol–water partition coefficient (Wildman–Crippen LogP) is 4.21. The lowest BCUT2D eigenvalue weighted by Gasteiger charge is -2.28. The van der Waals surface area contributed by atoms with E-state index in [0.717, 1.165) is 26.2 Å². The summed E-state index contributed by atoms with van der Waals surface area (Å²) < 4.78 is 13.3. The molecule has 0 radical (unpaired) electrons. The molecule has 0 bridgehead atoms. The molecule has 1 aliphatic heterocycles. The Hall–Kier alpha value is -3.77. The summed E-state index contributed by atoms with van der Waals surface area (Å²) in [7, 11) is 1.36. The van der Waals surface area contributed by atoms with E-state index in [4.69, 9.17) is 9.47 Å². The van der Waals surface area contributed by atoms with Crippen molar-refractivity contribution in [2.75, 3.05) is 18.2 Å². The van der Waals surface area contributed by atoms with Gasteiger partial charge in [-0.15, -0.1) is 10.2 Å². The third kappa shape index (κ3) is 4.95. The zero-order valence-corrected chi connectivity index (χ0v) is 21.4. The van der Waals surface area contributed by atoms with Gasteiger partial charge in [0.2, 0.25) is 5.95 Å². The smallest absolute Gasteiger partial charge is 0.338 e. The Balaban J connectivity index is 1.46. The first-order chi connectivity index (χ1) is 17.5. The van der Waals surface area contributed by atoms with Crippen LogP contribution in [0.4, 0.5) is 5.95 Å². The van der Waals surface area contributed by atoms with Crippen molar-refractivity contribution >= 4 is 35.0 Å². The van der Waals surface area contributed by atoms with Crippen LogP contribution in [0.3, 0.4) is 0 Å². The lowest BCUT2D eigenvalue weighted by Crippen LogP contribution is -2.30. The van der Waals surface area contributed by atoms with Gasteiger partial charge in [0.25, 0.3) is 0 Å². The Kier molecular flexibility index (Phi) is 6.96. The van der Waals surface area contributed by atoms with Crippen LogP contribution >= 0.6 is 23.1 Å². The predicted molar refractivity (Wildman–Crippen MR) is 137 cm³/mol. The molecular formula is C24H23N7O3S2. The van der Waals surface area contributed by atoms with Gasteiger partial charge in [0.1, 0.15) is 16.8 Å². The number of fused-ring (bicyclic) bond motifs is 1. The van der Waals surface area contributed by atoms with E-state index in [0.29, 0.717) is 23.0 Å². The second kappa shape index (κ2) is 10.5. The van der Waals surface area contributed by atoms with Gasteiger partial charge in [-0.1, -0.05) is 70.7 Å². The van der Waals surface area contributed by atoms with Crippen molar-refractivity contribution in [2.24, 2.45) is 0 Å². The van der Waals surface area contributed by atoms with Crippen LogP contribution in [0.15, 0.2) is 70.2 Å². The molecule has 4 aromatic rings. The van der Waals surface area contributed by atoms with E-state index in [1.807, 2.05) is 68.4 Å². The number of hydrogen-bond donors (Lipinski definition) is 1. The summed E-state index contributed by atoms with van der Waals surface area (Å²) in [6.45, 7) is 3.94. The largest absolute Gasteiger partial charge is 0.491 e. The van der Waals surface area contributed by atoms with Crippen molar-refractivity contribution < 1.29 is 14.3 Å². The molecule has 1 aliphatic rings. The van der Waals surface area contributed by atoms with E-state index in [9.17, 15) is 4.79 Å². The molecule has 10 nitrogen and oxygen atoms in total. The molecule has 0 fully saturated rings. The van der Waals surface area contributed by atoms with Gasteiger partial charge in [-0.2, -0.15) is 4.68 Å². The topological polar surface area (TPSA) is 117 Å². The molecule has 2 aromatic heterocycles. The Bertz CT molecular complexity index is 1380. The van der Waals surface area contributed by atoms with E-state index in [2.05, 4.69) is 31.0 Å². The van der Waals surface area contributed by atoms with Gasteiger partial charge < -0.3 is 14.8 Å². The molecule has 0 spiro atoms. The maximum atomic E-state index is 13.0. The highest BCUT2D eigenvalue weighted by Gasteiger charge is 2.36. The molecule has 3 heterocycles. The Morgan fingerprint density at radius 1 is 1.11 bits per heavy atom. The second-order valence-electron chi connectivity index (χ2n) is 8.12. The summed E-state index contributed by atoms with van der Waals surface area (Å²) >= 11 is 2.97. The molecular weight excluding hydrogens is 498 g/mol. The SMILES string of the molecule is COC(=O)C1=C(CSc2nnc(-c3ccccc3)s2)Nc2nnnn2C1c1ccc(OC(C)C)cc1. The number of nitrogens with zero attached hydrogens (tertiary/aromatic N) is 6.